The van der Waals surface area contributed by atoms with E-state index < -0.39 is 6.10 Å². The fraction of sp³-hybridized carbons (Fsp3) is 0.764. The monoisotopic (exact) mass is 1090 g/mol. The van der Waals surface area contributed by atoms with E-state index in [1.54, 1.807) is 0 Å². The number of rotatable bonds is 61. The highest BCUT2D eigenvalue weighted by Gasteiger charge is 2.19. The van der Waals surface area contributed by atoms with E-state index in [9.17, 15) is 14.4 Å². The highest BCUT2D eigenvalue weighted by Crippen LogP contribution is 2.16. The van der Waals surface area contributed by atoms with Crippen LogP contribution in [0.25, 0.3) is 0 Å². The average molecular weight is 1090 g/mol. The lowest BCUT2D eigenvalue weighted by molar-refractivity contribution is -0.167. The number of hydrogen-bond donors (Lipinski definition) is 0. The molecule has 0 amide bonds. The molecule has 0 aromatic heterocycles. The first-order chi connectivity index (χ1) is 38.5. The zero-order chi connectivity index (χ0) is 56.4. The third kappa shape index (κ3) is 63.4. The van der Waals surface area contributed by atoms with E-state index in [1.165, 1.54) is 186 Å². The molecule has 0 aromatic carbocycles. The van der Waals surface area contributed by atoms with Crippen LogP contribution in [0.15, 0.2) is 85.1 Å². The van der Waals surface area contributed by atoms with Crippen molar-refractivity contribution >= 4 is 17.9 Å². The molecule has 0 fully saturated rings. The highest BCUT2D eigenvalue weighted by molar-refractivity contribution is 5.71. The molecule has 1 unspecified atom stereocenters. The normalized spacial score (nSPS) is 12.6. The van der Waals surface area contributed by atoms with Gasteiger partial charge >= 0.3 is 17.9 Å². The van der Waals surface area contributed by atoms with Crippen LogP contribution in [0, 0.1) is 0 Å². The first kappa shape index (κ1) is 74.6. The van der Waals surface area contributed by atoms with Crippen LogP contribution in [0.1, 0.15) is 335 Å². The molecular formula is C72H126O6. The number of carbonyl (C=O) groups excluding carboxylic acids is 3. The van der Waals surface area contributed by atoms with Crippen LogP contribution >= 0.6 is 0 Å². The summed E-state index contributed by atoms with van der Waals surface area (Å²) in [4.78, 5) is 38.4. The van der Waals surface area contributed by atoms with Crippen molar-refractivity contribution in [1.82, 2.24) is 0 Å². The predicted molar refractivity (Wildman–Crippen MR) is 339 cm³/mol. The molecule has 0 aliphatic rings. The number of ether oxygens (including phenoxy) is 3. The summed E-state index contributed by atoms with van der Waals surface area (Å²) in [6.07, 6.45) is 87.3. The maximum absolute atomic E-state index is 12.9. The van der Waals surface area contributed by atoms with E-state index in [0.717, 1.165) is 109 Å². The second-order valence-corrected chi connectivity index (χ2v) is 22.3. The molecule has 0 heterocycles. The van der Waals surface area contributed by atoms with Crippen LogP contribution in [0.2, 0.25) is 0 Å². The van der Waals surface area contributed by atoms with Gasteiger partial charge in [-0.15, -0.1) is 0 Å². The standard InChI is InChI=1S/C72H126O6/c1-4-7-10-13-16-19-22-25-28-31-33-34-35-36-37-38-40-41-44-47-50-53-56-59-62-65-71(74)77-68-69(67-76-70(73)64-61-58-55-52-49-46-43-30-27-24-21-18-15-12-9-6-3)78-72(75)66-63-60-57-54-51-48-45-42-39-32-29-26-23-20-17-14-11-8-5-2/h8,11,17,20,22,25-26,29-31,33,39,42-43,69H,4-7,9-10,12-16,18-19,21,23-24,27-28,32,34-38,40-41,44-68H2,1-3H3/b11-8-,20-17-,25-22-,29-26-,33-31-,42-39-,43-30-. The maximum atomic E-state index is 12.9. The number of esters is 3. The van der Waals surface area contributed by atoms with E-state index >= 15 is 0 Å². The Balaban J connectivity index is 4.35. The zero-order valence-corrected chi connectivity index (χ0v) is 51.7. The summed E-state index contributed by atoms with van der Waals surface area (Å²) >= 11 is 0. The topological polar surface area (TPSA) is 78.9 Å². The Labute approximate surface area is 484 Å². The van der Waals surface area contributed by atoms with Gasteiger partial charge in [0.15, 0.2) is 6.10 Å². The Hall–Kier alpha value is -3.41. The fourth-order valence-corrected chi connectivity index (χ4v) is 9.58. The van der Waals surface area contributed by atoms with Gasteiger partial charge in [0.2, 0.25) is 0 Å². The smallest absolute Gasteiger partial charge is 0.306 e. The van der Waals surface area contributed by atoms with Crippen LogP contribution in [0.3, 0.4) is 0 Å². The molecule has 0 aliphatic heterocycles. The van der Waals surface area contributed by atoms with E-state index in [1.807, 2.05) is 0 Å². The molecule has 6 nitrogen and oxygen atoms in total. The van der Waals surface area contributed by atoms with Crippen LogP contribution in [-0.2, 0) is 28.6 Å². The van der Waals surface area contributed by atoms with E-state index in [0.29, 0.717) is 19.3 Å². The summed E-state index contributed by atoms with van der Waals surface area (Å²) in [5.41, 5.74) is 0. The Morgan fingerprint density at radius 3 is 0.795 bits per heavy atom. The largest absolute Gasteiger partial charge is 0.462 e. The van der Waals surface area contributed by atoms with Crippen molar-refractivity contribution in [2.45, 2.75) is 341 Å². The van der Waals surface area contributed by atoms with Crippen LogP contribution in [0.4, 0.5) is 0 Å². The van der Waals surface area contributed by atoms with Gasteiger partial charge in [-0.2, -0.15) is 0 Å². The summed E-state index contributed by atoms with van der Waals surface area (Å²) in [6, 6.07) is 0. The van der Waals surface area contributed by atoms with Crippen LogP contribution in [-0.4, -0.2) is 37.2 Å². The van der Waals surface area contributed by atoms with Gasteiger partial charge in [-0.1, -0.05) is 286 Å². The molecule has 78 heavy (non-hydrogen) atoms. The second-order valence-electron chi connectivity index (χ2n) is 22.3. The third-order valence-corrected chi connectivity index (χ3v) is 14.6. The summed E-state index contributed by atoms with van der Waals surface area (Å²) in [5.74, 6) is -0.893. The number of allylic oxidation sites excluding steroid dienone is 14. The molecule has 450 valence electrons. The zero-order valence-electron chi connectivity index (χ0n) is 51.7. The summed E-state index contributed by atoms with van der Waals surface area (Å²) in [7, 11) is 0. The van der Waals surface area contributed by atoms with Crippen molar-refractivity contribution in [1.29, 1.82) is 0 Å². The molecule has 0 aromatic rings. The SMILES string of the molecule is CC/C=C\C/C=C\C/C=C\C/C=C\CCCCCCCCC(=O)OC(COC(=O)CCCCCCC/C=C\CCCCCCCCC)COC(=O)CCCCCCCCCCCCCCC/C=C\C/C=C\CCCCCCC. The van der Waals surface area contributed by atoms with Crippen LogP contribution in [0.5, 0.6) is 0 Å². The van der Waals surface area contributed by atoms with E-state index in [2.05, 4.69) is 106 Å². The average Bonchev–Trinajstić information content (AvgIpc) is 3.44. The van der Waals surface area contributed by atoms with Crippen molar-refractivity contribution in [3.63, 3.8) is 0 Å². The van der Waals surface area contributed by atoms with Crippen molar-refractivity contribution in [2.24, 2.45) is 0 Å². The molecule has 1 atom stereocenters. The lowest BCUT2D eigenvalue weighted by Crippen LogP contribution is -2.30. The quantitative estimate of drug-likeness (QED) is 0.0261. The number of hydrogen-bond acceptors (Lipinski definition) is 6. The van der Waals surface area contributed by atoms with Gasteiger partial charge in [0.05, 0.1) is 0 Å². The summed E-state index contributed by atoms with van der Waals surface area (Å²) in [5, 5.41) is 0. The van der Waals surface area contributed by atoms with Crippen molar-refractivity contribution in [3.05, 3.63) is 85.1 Å². The molecule has 0 bridgehead atoms. The van der Waals surface area contributed by atoms with Gasteiger partial charge in [0, 0.05) is 19.3 Å². The summed E-state index contributed by atoms with van der Waals surface area (Å²) in [6.45, 7) is 6.53. The maximum Gasteiger partial charge on any atom is 0.306 e. The van der Waals surface area contributed by atoms with Crippen molar-refractivity contribution in [2.75, 3.05) is 13.2 Å². The first-order valence-corrected chi connectivity index (χ1v) is 33.6. The Bertz CT molecular complexity index is 1480. The van der Waals surface area contributed by atoms with Gasteiger partial charge in [-0.25, -0.2) is 0 Å². The fourth-order valence-electron chi connectivity index (χ4n) is 9.58. The predicted octanol–water partition coefficient (Wildman–Crippen LogP) is 23.1. The molecule has 0 N–H and O–H groups in total. The minimum Gasteiger partial charge on any atom is -0.462 e. The lowest BCUT2D eigenvalue weighted by Gasteiger charge is -2.18. The molecule has 0 spiro atoms. The Morgan fingerprint density at radius 1 is 0.269 bits per heavy atom. The highest BCUT2D eigenvalue weighted by atomic mass is 16.6. The van der Waals surface area contributed by atoms with E-state index in [-0.39, 0.29) is 31.1 Å². The number of unbranched alkanes of at least 4 members (excludes halogenated alkanes) is 36. The molecule has 6 heteroatoms. The Kier molecular flexibility index (Phi) is 63.2. The van der Waals surface area contributed by atoms with Crippen LogP contribution < -0.4 is 0 Å². The second kappa shape index (κ2) is 66.1. The molecule has 0 aliphatic carbocycles. The van der Waals surface area contributed by atoms with Gasteiger partial charge in [-0.05, 0) is 116 Å². The molecule has 0 saturated heterocycles. The van der Waals surface area contributed by atoms with E-state index in [4.69, 9.17) is 14.2 Å². The molecular weight excluding hydrogens is 961 g/mol. The van der Waals surface area contributed by atoms with Gasteiger partial charge in [-0.3, -0.25) is 14.4 Å². The minimum atomic E-state index is -0.790. The first-order valence-electron chi connectivity index (χ1n) is 33.6. The van der Waals surface area contributed by atoms with Gasteiger partial charge < -0.3 is 14.2 Å². The number of carbonyl (C=O) groups is 3. The molecule has 0 radical (unpaired) electrons. The minimum absolute atomic E-state index is 0.0839. The van der Waals surface area contributed by atoms with Gasteiger partial charge in [0.25, 0.3) is 0 Å². The summed E-state index contributed by atoms with van der Waals surface area (Å²) < 4.78 is 17.0. The third-order valence-electron chi connectivity index (χ3n) is 14.6. The lowest BCUT2D eigenvalue weighted by atomic mass is 10.0. The van der Waals surface area contributed by atoms with Crippen molar-refractivity contribution in [3.8, 4) is 0 Å². The molecule has 0 saturated carbocycles. The molecule has 0 rings (SSSR count). The Morgan fingerprint density at radius 2 is 0.500 bits per heavy atom. The van der Waals surface area contributed by atoms with Crippen molar-refractivity contribution < 1.29 is 28.6 Å². The van der Waals surface area contributed by atoms with Gasteiger partial charge in [0.1, 0.15) is 13.2 Å².